The molecule has 1 aliphatic carbocycles. The number of pyridine rings is 1. The van der Waals surface area contributed by atoms with E-state index in [9.17, 15) is 4.79 Å². The van der Waals surface area contributed by atoms with Gasteiger partial charge in [0, 0.05) is 6.04 Å². The predicted molar refractivity (Wildman–Crippen MR) is 54.4 cm³/mol. The summed E-state index contributed by atoms with van der Waals surface area (Å²) in [6.07, 6.45) is 3.35. The number of nitrogens with zero attached hydrogens (tertiary/aromatic N) is 1. The monoisotopic (exact) mass is 210 g/mol. The molecule has 0 aliphatic heterocycles. The molecule has 0 aromatic carbocycles. The molecule has 0 unspecified atom stereocenters. The van der Waals surface area contributed by atoms with Crippen LogP contribution in [-0.2, 0) is 0 Å². The Labute approximate surface area is 87.5 Å². The van der Waals surface area contributed by atoms with Crippen LogP contribution >= 0.6 is 11.6 Å². The molecule has 1 aromatic rings. The smallest absolute Gasteiger partial charge is 0.270 e. The second-order valence-corrected chi connectivity index (χ2v) is 3.83. The topological polar surface area (TPSA) is 42.0 Å². The fraction of sp³-hybridized carbons (Fsp3) is 0.400. The van der Waals surface area contributed by atoms with Crippen LogP contribution in [0.3, 0.4) is 0 Å². The van der Waals surface area contributed by atoms with Crippen molar-refractivity contribution >= 4 is 17.5 Å². The standard InChI is InChI=1S/C10H11ClN2O/c11-9-6-2-5-8(13-9)10(14)12-7-3-1-4-7/h2,5-7H,1,3-4H2,(H,12,14). The minimum atomic E-state index is -0.128. The lowest BCUT2D eigenvalue weighted by Gasteiger charge is -2.26. The zero-order valence-corrected chi connectivity index (χ0v) is 8.42. The summed E-state index contributed by atoms with van der Waals surface area (Å²) in [5.41, 5.74) is 0.393. The summed E-state index contributed by atoms with van der Waals surface area (Å²) in [6.45, 7) is 0. The lowest BCUT2D eigenvalue weighted by Crippen LogP contribution is -2.39. The third-order valence-electron chi connectivity index (χ3n) is 2.39. The summed E-state index contributed by atoms with van der Waals surface area (Å²) in [5.74, 6) is -0.128. The van der Waals surface area contributed by atoms with Gasteiger partial charge in [0.15, 0.2) is 0 Å². The van der Waals surface area contributed by atoms with Gasteiger partial charge in [0.05, 0.1) is 0 Å². The average molecular weight is 211 g/mol. The molecule has 1 aliphatic rings. The largest absolute Gasteiger partial charge is 0.348 e. The van der Waals surface area contributed by atoms with Crippen LogP contribution in [0.15, 0.2) is 18.2 Å². The fourth-order valence-electron chi connectivity index (χ4n) is 1.35. The van der Waals surface area contributed by atoms with Gasteiger partial charge in [-0.25, -0.2) is 4.98 Å². The number of rotatable bonds is 2. The van der Waals surface area contributed by atoms with Gasteiger partial charge in [0.25, 0.3) is 5.91 Å². The van der Waals surface area contributed by atoms with E-state index in [-0.39, 0.29) is 5.91 Å². The van der Waals surface area contributed by atoms with Gasteiger partial charge in [0.2, 0.25) is 0 Å². The summed E-state index contributed by atoms with van der Waals surface area (Å²) < 4.78 is 0. The van der Waals surface area contributed by atoms with Crippen LogP contribution in [0.5, 0.6) is 0 Å². The van der Waals surface area contributed by atoms with E-state index in [0.717, 1.165) is 12.8 Å². The average Bonchev–Trinajstić information content (AvgIpc) is 2.11. The minimum Gasteiger partial charge on any atom is -0.348 e. The van der Waals surface area contributed by atoms with Crippen LogP contribution in [0.2, 0.25) is 5.15 Å². The first-order valence-corrected chi connectivity index (χ1v) is 5.07. The number of nitrogens with one attached hydrogen (secondary N) is 1. The van der Waals surface area contributed by atoms with Crippen molar-refractivity contribution in [2.75, 3.05) is 0 Å². The van der Waals surface area contributed by atoms with Gasteiger partial charge in [0.1, 0.15) is 10.8 Å². The SMILES string of the molecule is O=C(NC1CCC1)c1cccc(Cl)n1. The Balaban J connectivity index is 2.02. The number of carbonyl (C=O) groups is 1. The van der Waals surface area contributed by atoms with Crippen LogP contribution in [0.25, 0.3) is 0 Å². The van der Waals surface area contributed by atoms with E-state index in [1.54, 1.807) is 18.2 Å². The first-order chi connectivity index (χ1) is 6.75. The molecule has 3 nitrogen and oxygen atoms in total. The number of carbonyl (C=O) groups excluding carboxylic acids is 1. The van der Waals surface area contributed by atoms with Crippen LogP contribution in [0.1, 0.15) is 29.8 Å². The van der Waals surface area contributed by atoms with E-state index in [1.807, 2.05) is 0 Å². The van der Waals surface area contributed by atoms with Crippen LogP contribution in [-0.4, -0.2) is 16.9 Å². The number of hydrogen-bond acceptors (Lipinski definition) is 2. The fourth-order valence-corrected chi connectivity index (χ4v) is 1.51. The Hall–Kier alpha value is -1.09. The van der Waals surface area contributed by atoms with Crippen LogP contribution < -0.4 is 5.32 Å². The van der Waals surface area contributed by atoms with Crippen molar-refractivity contribution < 1.29 is 4.79 Å². The van der Waals surface area contributed by atoms with Gasteiger partial charge in [-0.3, -0.25) is 4.79 Å². The molecule has 1 heterocycles. The molecular formula is C10H11ClN2O. The van der Waals surface area contributed by atoms with Crippen LogP contribution in [0.4, 0.5) is 0 Å². The van der Waals surface area contributed by atoms with E-state index in [0.29, 0.717) is 16.9 Å². The van der Waals surface area contributed by atoms with Crippen molar-refractivity contribution in [2.45, 2.75) is 25.3 Å². The molecule has 14 heavy (non-hydrogen) atoms. The van der Waals surface area contributed by atoms with Gasteiger partial charge in [-0.2, -0.15) is 0 Å². The maximum atomic E-state index is 11.6. The maximum Gasteiger partial charge on any atom is 0.270 e. The van der Waals surface area contributed by atoms with Crippen molar-refractivity contribution in [3.63, 3.8) is 0 Å². The Bertz CT molecular complexity index is 350. The second kappa shape index (κ2) is 3.96. The van der Waals surface area contributed by atoms with Crippen molar-refractivity contribution in [3.05, 3.63) is 29.0 Å². The lowest BCUT2D eigenvalue weighted by atomic mass is 9.93. The molecule has 4 heteroatoms. The van der Waals surface area contributed by atoms with Crippen molar-refractivity contribution in [3.8, 4) is 0 Å². The number of halogens is 1. The van der Waals surface area contributed by atoms with E-state index in [1.165, 1.54) is 6.42 Å². The van der Waals surface area contributed by atoms with Crippen molar-refractivity contribution in [2.24, 2.45) is 0 Å². The summed E-state index contributed by atoms with van der Waals surface area (Å²) in [5, 5.41) is 3.25. The van der Waals surface area contributed by atoms with Gasteiger partial charge >= 0.3 is 0 Å². The molecule has 0 bridgehead atoms. The lowest BCUT2D eigenvalue weighted by molar-refractivity contribution is 0.0912. The maximum absolute atomic E-state index is 11.6. The Morgan fingerprint density at radius 2 is 2.29 bits per heavy atom. The van der Waals surface area contributed by atoms with E-state index < -0.39 is 0 Å². The molecule has 0 saturated heterocycles. The zero-order chi connectivity index (χ0) is 9.97. The molecule has 0 atom stereocenters. The highest BCUT2D eigenvalue weighted by Crippen LogP contribution is 2.18. The Kier molecular flexibility index (Phi) is 2.68. The summed E-state index contributed by atoms with van der Waals surface area (Å²) in [7, 11) is 0. The number of aromatic nitrogens is 1. The molecule has 0 spiro atoms. The van der Waals surface area contributed by atoms with E-state index >= 15 is 0 Å². The second-order valence-electron chi connectivity index (χ2n) is 3.45. The van der Waals surface area contributed by atoms with Gasteiger partial charge in [-0.05, 0) is 31.4 Å². The molecule has 0 radical (unpaired) electrons. The number of hydrogen-bond donors (Lipinski definition) is 1. The quantitative estimate of drug-likeness (QED) is 0.759. The van der Waals surface area contributed by atoms with Gasteiger partial charge in [-0.1, -0.05) is 17.7 Å². The summed E-state index contributed by atoms with van der Waals surface area (Å²) >= 11 is 5.68. The highest BCUT2D eigenvalue weighted by Gasteiger charge is 2.20. The van der Waals surface area contributed by atoms with Crippen molar-refractivity contribution in [1.82, 2.24) is 10.3 Å². The zero-order valence-electron chi connectivity index (χ0n) is 7.66. The highest BCUT2D eigenvalue weighted by molar-refractivity contribution is 6.29. The third-order valence-corrected chi connectivity index (χ3v) is 2.60. The first kappa shape index (κ1) is 9.46. The Morgan fingerprint density at radius 1 is 1.50 bits per heavy atom. The molecule has 1 saturated carbocycles. The normalized spacial score (nSPS) is 16.1. The molecule has 1 amide bonds. The van der Waals surface area contributed by atoms with Gasteiger partial charge in [-0.15, -0.1) is 0 Å². The summed E-state index contributed by atoms with van der Waals surface area (Å²) in [4.78, 5) is 15.5. The summed E-state index contributed by atoms with van der Waals surface area (Å²) in [6, 6.07) is 5.38. The minimum absolute atomic E-state index is 0.128. The molecular weight excluding hydrogens is 200 g/mol. The van der Waals surface area contributed by atoms with Crippen LogP contribution in [0, 0.1) is 0 Å². The van der Waals surface area contributed by atoms with E-state index in [2.05, 4.69) is 10.3 Å². The van der Waals surface area contributed by atoms with Crippen molar-refractivity contribution in [1.29, 1.82) is 0 Å². The highest BCUT2D eigenvalue weighted by atomic mass is 35.5. The molecule has 2 rings (SSSR count). The molecule has 1 fully saturated rings. The number of amides is 1. The molecule has 1 aromatic heterocycles. The Morgan fingerprint density at radius 3 is 2.86 bits per heavy atom. The first-order valence-electron chi connectivity index (χ1n) is 4.69. The van der Waals surface area contributed by atoms with E-state index in [4.69, 9.17) is 11.6 Å². The molecule has 74 valence electrons. The third kappa shape index (κ3) is 2.04. The molecule has 1 N–H and O–H groups in total. The van der Waals surface area contributed by atoms with Gasteiger partial charge < -0.3 is 5.32 Å². The predicted octanol–water partition coefficient (Wildman–Crippen LogP) is 2.02.